The van der Waals surface area contributed by atoms with Crippen molar-refractivity contribution in [1.82, 2.24) is 0 Å². The molecule has 0 aromatic carbocycles. The van der Waals surface area contributed by atoms with Crippen LogP contribution in [0.15, 0.2) is 0 Å². The molecular formula is C8H13KO4. The van der Waals surface area contributed by atoms with Gasteiger partial charge in [0.15, 0.2) is 0 Å². The van der Waals surface area contributed by atoms with Crippen molar-refractivity contribution in [2.45, 2.75) is 25.7 Å². The summed E-state index contributed by atoms with van der Waals surface area (Å²) in [6.07, 6.45) is 2.68. The molecule has 1 saturated carbocycles. The first-order chi connectivity index (χ1) is 5.63. The monoisotopic (exact) mass is 212 g/mol. The second-order valence-electron chi connectivity index (χ2n) is 3.17. The van der Waals surface area contributed by atoms with Crippen molar-refractivity contribution in [3.63, 3.8) is 0 Å². The van der Waals surface area contributed by atoms with Gasteiger partial charge in [0.1, 0.15) is 0 Å². The van der Waals surface area contributed by atoms with Crippen LogP contribution >= 0.6 is 0 Å². The summed E-state index contributed by atoms with van der Waals surface area (Å²) in [5, 5.41) is 17.4. The van der Waals surface area contributed by atoms with Crippen LogP contribution in [0.2, 0.25) is 0 Å². The number of carboxylic acid groups (broad SMARTS) is 2. The van der Waals surface area contributed by atoms with Gasteiger partial charge in [-0.2, -0.15) is 0 Å². The number of carbonyl (C=O) groups is 2. The molecule has 0 bridgehead atoms. The Kier molecular flexibility index (Phi) is 6.41. The minimum absolute atomic E-state index is 0. The first-order valence-corrected chi connectivity index (χ1v) is 4.08. The molecule has 4 nitrogen and oxygen atoms in total. The topological polar surface area (TPSA) is 74.6 Å². The molecule has 0 amide bonds. The zero-order chi connectivity index (χ0) is 9.14. The van der Waals surface area contributed by atoms with Gasteiger partial charge in [-0.05, 0) is 12.8 Å². The third kappa shape index (κ3) is 3.67. The molecule has 0 heterocycles. The zero-order valence-electron chi connectivity index (χ0n) is 8.69. The molecule has 1 aliphatic carbocycles. The first-order valence-electron chi connectivity index (χ1n) is 4.08. The average Bonchev–Trinajstić information content (AvgIpc) is 2.04. The van der Waals surface area contributed by atoms with Crippen molar-refractivity contribution in [2.24, 2.45) is 11.8 Å². The van der Waals surface area contributed by atoms with E-state index in [0.717, 1.165) is 12.8 Å². The van der Waals surface area contributed by atoms with Crippen molar-refractivity contribution in [3.8, 4) is 0 Å². The molecule has 13 heavy (non-hydrogen) atoms. The minimum Gasteiger partial charge on any atom is -1.00 e. The fourth-order valence-corrected chi connectivity index (χ4v) is 1.72. The Bertz CT molecular complexity index is 188. The molecule has 2 N–H and O–H groups in total. The van der Waals surface area contributed by atoms with Crippen LogP contribution in [0.25, 0.3) is 0 Å². The number of hydrogen-bond acceptors (Lipinski definition) is 2. The molecule has 2 atom stereocenters. The van der Waals surface area contributed by atoms with Gasteiger partial charge in [-0.3, -0.25) is 9.59 Å². The van der Waals surface area contributed by atoms with Crippen molar-refractivity contribution < 1.29 is 72.6 Å². The molecule has 1 fully saturated rings. The van der Waals surface area contributed by atoms with Crippen molar-refractivity contribution in [1.29, 1.82) is 0 Å². The van der Waals surface area contributed by atoms with E-state index in [1.54, 1.807) is 0 Å². The Morgan fingerprint density at radius 2 is 1.31 bits per heavy atom. The van der Waals surface area contributed by atoms with Crippen LogP contribution in [0.4, 0.5) is 0 Å². The summed E-state index contributed by atoms with van der Waals surface area (Å²) in [4.78, 5) is 21.2. The van der Waals surface area contributed by atoms with Gasteiger partial charge in [0.2, 0.25) is 0 Å². The summed E-state index contributed by atoms with van der Waals surface area (Å²) in [5.41, 5.74) is 0. The van der Waals surface area contributed by atoms with Gasteiger partial charge in [-0.1, -0.05) is 12.8 Å². The Labute approximate surface area is 121 Å². The Morgan fingerprint density at radius 1 is 1.00 bits per heavy atom. The molecule has 0 aromatic rings. The fourth-order valence-electron chi connectivity index (χ4n) is 1.72. The molecule has 0 aromatic heterocycles. The maximum absolute atomic E-state index is 10.6. The van der Waals surface area contributed by atoms with Crippen LogP contribution in [0.1, 0.15) is 27.1 Å². The summed E-state index contributed by atoms with van der Waals surface area (Å²) in [7, 11) is 0. The van der Waals surface area contributed by atoms with Crippen LogP contribution in [0, 0.1) is 11.8 Å². The number of carboxylic acids is 2. The van der Waals surface area contributed by atoms with E-state index in [9.17, 15) is 9.59 Å². The van der Waals surface area contributed by atoms with Crippen LogP contribution in [0.3, 0.4) is 0 Å². The van der Waals surface area contributed by atoms with Gasteiger partial charge in [0.05, 0.1) is 11.8 Å². The summed E-state index contributed by atoms with van der Waals surface area (Å²) >= 11 is 0. The van der Waals surface area contributed by atoms with Gasteiger partial charge in [0, 0.05) is 0 Å². The predicted octanol–water partition coefficient (Wildman–Crippen LogP) is -1.92. The zero-order valence-corrected chi connectivity index (χ0v) is 10.8. The van der Waals surface area contributed by atoms with Gasteiger partial charge in [0.25, 0.3) is 0 Å². The first kappa shape index (κ1) is 13.6. The standard InChI is InChI=1S/C8H12O4.K.H/c9-7(10)5-3-1-2-4-6(5)8(11)12;;/h5-6H,1-4H2,(H,9,10)(H,11,12);;/q;+1;-1. The molecular weight excluding hydrogens is 199 g/mol. The van der Waals surface area contributed by atoms with Gasteiger partial charge in [-0.15, -0.1) is 0 Å². The summed E-state index contributed by atoms with van der Waals surface area (Å²) in [6, 6.07) is 0. The second kappa shape index (κ2) is 6.13. The molecule has 1 aliphatic rings. The summed E-state index contributed by atoms with van der Waals surface area (Å²) in [6.45, 7) is 0. The van der Waals surface area contributed by atoms with E-state index in [1.165, 1.54) is 0 Å². The number of hydrogen-bond donors (Lipinski definition) is 2. The van der Waals surface area contributed by atoms with Crippen LogP contribution in [-0.4, -0.2) is 22.2 Å². The quantitative estimate of drug-likeness (QED) is 0.523. The Morgan fingerprint density at radius 3 is 1.54 bits per heavy atom. The van der Waals surface area contributed by atoms with Gasteiger partial charge in [-0.25, -0.2) is 0 Å². The smallest absolute Gasteiger partial charge is 1.00 e. The van der Waals surface area contributed by atoms with E-state index < -0.39 is 23.8 Å². The third-order valence-electron chi connectivity index (χ3n) is 2.40. The molecule has 2 unspecified atom stereocenters. The Balaban J connectivity index is 0. The molecule has 70 valence electrons. The summed E-state index contributed by atoms with van der Waals surface area (Å²) in [5.74, 6) is -3.28. The van der Waals surface area contributed by atoms with E-state index in [-0.39, 0.29) is 52.8 Å². The van der Waals surface area contributed by atoms with Gasteiger partial charge >= 0.3 is 63.3 Å². The molecule has 0 aliphatic heterocycles. The molecule has 5 heteroatoms. The third-order valence-corrected chi connectivity index (χ3v) is 2.40. The normalized spacial score (nSPS) is 27.4. The number of rotatable bonds is 2. The molecule has 0 radical (unpaired) electrons. The van der Waals surface area contributed by atoms with E-state index in [0.29, 0.717) is 12.8 Å². The maximum Gasteiger partial charge on any atom is 1.00 e. The molecule has 0 spiro atoms. The Hall–Kier alpha value is 0.576. The molecule has 0 saturated heterocycles. The van der Waals surface area contributed by atoms with E-state index in [1.807, 2.05) is 0 Å². The van der Waals surface area contributed by atoms with Crippen LogP contribution in [-0.2, 0) is 9.59 Å². The fraction of sp³-hybridized carbons (Fsp3) is 0.750. The van der Waals surface area contributed by atoms with Crippen molar-refractivity contribution in [2.75, 3.05) is 0 Å². The maximum atomic E-state index is 10.6. The van der Waals surface area contributed by atoms with Crippen LogP contribution in [0.5, 0.6) is 0 Å². The van der Waals surface area contributed by atoms with Crippen molar-refractivity contribution in [3.05, 3.63) is 0 Å². The summed E-state index contributed by atoms with van der Waals surface area (Å²) < 4.78 is 0. The molecule has 1 rings (SSSR count). The predicted molar refractivity (Wildman–Crippen MR) is 41.8 cm³/mol. The second-order valence-corrected chi connectivity index (χ2v) is 3.17. The van der Waals surface area contributed by atoms with E-state index >= 15 is 0 Å². The average molecular weight is 212 g/mol. The minimum atomic E-state index is -0.970. The largest absolute Gasteiger partial charge is 1.00 e. The van der Waals surface area contributed by atoms with E-state index in [2.05, 4.69) is 0 Å². The van der Waals surface area contributed by atoms with E-state index in [4.69, 9.17) is 10.2 Å². The SMILES string of the molecule is O=C(O)C1CCCCC1C(=O)O.[H-].[K+]. The number of aliphatic carboxylic acids is 2. The van der Waals surface area contributed by atoms with Crippen LogP contribution < -0.4 is 51.4 Å². The van der Waals surface area contributed by atoms with Gasteiger partial charge < -0.3 is 11.6 Å². The van der Waals surface area contributed by atoms with Crippen molar-refractivity contribution >= 4 is 11.9 Å².